The second-order valence-electron chi connectivity index (χ2n) is 4.69. The van der Waals surface area contributed by atoms with E-state index in [0.29, 0.717) is 12.3 Å². The molecule has 18 heavy (non-hydrogen) atoms. The van der Waals surface area contributed by atoms with Crippen LogP contribution in [-0.4, -0.2) is 44.5 Å². The molecular formula is C12H20N2O4. The summed E-state index contributed by atoms with van der Waals surface area (Å²) in [6.07, 6.45) is -2.09. The van der Waals surface area contributed by atoms with Crippen molar-refractivity contribution in [1.29, 1.82) is 0 Å². The zero-order chi connectivity index (χ0) is 14.3. The van der Waals surface area contributed by atoms with Crippen LogP contribution in [0.25, 0.3) is 5.53 Å². The van der Waals surface area contributed by atoms with Gasteiger partial charge in [0.05, 0.1) is 0 Å². The highest BCUT2D eigenvalue weighted by Gasteiger charge is 2.33. The highest BCUT2D eigenvalue weighted by molar-refractivity contribution is 6.38. The fourth-order valence-corrected chi connectivity index (χ4v) is 1.42. The number of Topliss-reactive ketones (excluding diaryl/α,β-unsaturated/α-hetero) is 2. The molecule has 0 saturated heterocycles. The van der Waals surface area contributed by atoms with Crippen molar-refractivity contribution in [2.75, 3.05) is 0 Å². The molecule has 0 radical (unpaired) electrons. The Morgan fingerprint density at radius 1 is 1.22 bits per heavy atom. The lowest BCUT2D eigenvalue weighted by Crippen LogP contribution is -2.42. The SMILES string of the molecule is CC(=[N+]=[N-])C(=O)C(O)C(O)C(=O)CCCC(C)C. The topological polar surface area (TPSA) is 111 Å². The van der Waals surface area contributed by atoms with Gasteiger partial charge in [-0.1, -0.05) is 20.3 Å². The molecule has 0 heterocycles. The molecular weight excluding hydrogens is 236 g/mol. The Balaban J connectivity index is 4.37. The van der Waals surface area contributed by atoms with Crippen molar-refractivity contribution in [2.45, 2.75) is 52.2 Å². The van der Waals surface area contributed by atoms with Crippen LogP contribution in [0.4, 0.5) is 0 Å². The zero-order valence-corrected chi connectivity index (χ0v) is 11.0. The summed E-state index contributed by atoms with van der Waals surface area (Å²) in [4.78, 5) is 25.5. The lowest BCUT2D eigenvalue weighted by molar-refractivity contribution is -0.141. The fourth-order valence-electron chi connectivity index (χ4n) is 1.42. The number of rotatable bonds is 8. The fraction of sp³-hybridized carbons (Fsp3) is 0.750. The Morgan fingerprint density at radius 3 is 2.22 bits per heavy atom. The molecule has 0 fully saturated rings. The van der Waals surface area contributed by atoms with Crippen molar-refractivity contribution in [1.82, 2.24) is 0 Å². The van der Waals surface area contributed by atoms with Crippen molar-refractivity contribution >= 4 is 17.3 Å². The monoisotopic (exact) mass is 256 g/mol. The average Bonchev–Trinajstić information content (AvgIpc) is 2.34. The second kappa shape index (κ2) is 7.87. The average molecular weight is 256 g/mol. The van der Waals surface area contributed by atoms with Crippen molar-refractivity contribution in [3.63, 3.8) is 0 Å². The van der Waals surface area contributed by atoms with Gasteiger partial charge in [0.15, 0.2) is 11.9 Å². The highest BCUT2D eigenvalue weighted by atomic mass is 16.3. The molecule has 0 spiro atoms. The minimum Gasteiger partial charge on any atom is -0.382 e. The molecule has 0 aromatic rings. The van der Waals surface area contributed by atoms with Crippen LogP contribution in [0.2, 0.25) is 0 Å². The van der Waals surface area contributed by atoms with Crippen LogP contribution in [0.5, 0.6) is 0 Å². The van der Waals surface area contributed by atoms with Crippen LogP contribution in [-0.2, 0) is 9.59 Å². The third-order valence-electron chi connectivity index (χ3n) is 2.61. The van der Waals surface area contributed by atoms with Crippen LogP contribution < -0.4 is 0 Å². The van der Waals surface area contributed by atoms with Crippen LogP contribution in [0.3, 0.4) is 0 Å². The Kier molecular flexibility index (Phi) is 7.27. The van der Waals surface area contributed by atoms with Gasteiger partial charge in [-0.15, -0.1) is 0 Å². The van der Waals surface area contributed by atoms with E-state index in [1.54, 1.807) is 0 Å². The van der Waals surface area contributed by atoms with E-state index in [0.717, 1.165) is 6.42 Å². The predicted molar refractivity (Wildman–Crippen MR) is 65.0 cm³/mol. The van der Waals surface area contributed by atoms with Crippen LogP contribution >= 0.6 is 0 Å². The highest BCUT2D eigenvalue weighted by Crippen LogP contribution is 2.09. The van der Waals surface area contributed by atoms with Gasteiger partial charge in [0.2, 0.25) is 0 Å². The number of hydrogen-bond acceptors (Lipinski definition) is 4. The van der Waals surface area contributed by atoms with Gasteiger partial charge in [0.25, 0.3) is 5.78 Å². The third-order valence-corrected chi connectivity index (χ3v) is 2.61. The molecule has 0 aromatic heterocycles. The molecule has 2 atom stereocenters. The molecule has 6 nitrogen and oxygen atoms in total. The first kappa shape index (κ1) is 16.6. The Hall–Kier alpha value is -1.36. The lowest BCUT2D eigenvalue weighted by Gasteiger charge is -2.13. The predicted octanol–water partition coefficient (Wildman–Crippen LogP) is 0.363. The molecule has 0 aliphatic carbocycles. The van der Waals surface area contributed by atoms with Crippen LogP contribution in [0, 0.1) is 5.92 Å². The molecule has 0 saturated carbocycles. The number of aliphatic hydroxyl groups is 2. The van der Waals surface area contributed by atoms with Crippen LogP contribution in [0.1, 0.15) is 40.0 Å². The van der Waals surface area contributed by atoms with Crippen molar-refractivity contribution in [3.8, 4) is 0 Å². The summed E-state index contributed by atoms with van der Waals surface area (Å²) in [5.74, 6) is -1.09. The van der Waals surface area contributed by atoms with Gasteiger partial charge in [-0.2, -0.15) is 4.79 Å². The quantitative estimate of drug-likeness (QED) is 0.371. The van der Waals surface area contributed by atoms with E-state index in [1.165, 1.54) is 6.92 Å². The number of nitrogens with zero attached hydrogens (tertiary/aromatic N) is 2. The first-order chi connectivity index (χ1) is 8.31. The van der Waals surface area contributed by atoms with Gasteiger partial charge in [-0.25, -0.2) is 0 Å². The molecule has 102 valence electrons. The van der Waals surface area contributed by atoms with E-state index < -0.39 is 23.8 Å². The minimum atomic E-state index is -1.87. The van der Waals surface area contributed by atoms with Crippen molar-refractivity contribution in [3.05, 3.63) is 5.53 Å². The van der Waals surface area contributed by atoms with E-state index in [1.807, 2.05) is 13.8 Å². The molecule has 0 amide bonds. The number of carbonyl (C=O) groups excluding carboxylic acids is 2. The molecule has 0 aliphatic heterocycles. The zero-order valence-electron chi connectivity index (χ0n) is 11.0. The molecule has 2 N–H and O–H groups in total. The van der Waals surface area contributed by atoms with Gasteiger partial charge in [0.1, 0.15) is 6.10 Å². The maximum Gasteiger partial charge on any atom is 0.334 e. The number of carbonyl (C=O) groups is 2. The summed E-state index contributed by atoms with van der Waals surface area (Å²) in [5, 5.41) is 19.0. The van der Waals surface area contributed by atoms with E-state index in [4.69, 9.17) is 5.53 Å². The maximum absolute atomic E-state index is 11.5. The molecule has 0 aromatic carbocycles. The Morgan fingerprint density at radius 2 is 1.78 bits per heavy atom. The van der Waals surface area contributed by atoms with E-state index in [9.17, 15) is 19.8 Å². The van der Waals surface area contributed by atoms with Crippen molar-refractivity contribution in [2.24, 2.45) is 5.92 Å². The molecule has 0 bridgehead atoms. The number of aliphatic hydroxyl groups excluding tert-OH is 2. The first-order valence-electron chi connectivity index (χ1n) is 5.93. The van der Waals surface area contributed by atoms with E-state index >= 15 is 0 Å². The largest absolute Gasteiger partial charge is 0.382 e. The first-order valence-corrected chi connectivity index (χ1v) is 5.93. The van der Waals surface area contributed by atoms with Crippen LogP contribution in [0.15, 0.2) is 0 Å². The smallest absolute Gasteiger partial charge is 0.334 e. The Labute approximate surface area is 106 Å². The van der Waals surface area contributed by atoms with Gasteiger partial charge in [0, 0.05) is 13.3 Å². The molecule has 0 aliphatic rings. The lowest BCUT2D eigenvalue weighted by atomic mass is 9.98. The van der Waals surface area contributed by atoms with Gasteiger partial charge in [-0.05, 0) is 12.3 Å². The Bertz CT molecular complexity index is 359. The minimum absolute atomic E-state index is 0.110. The summed E-state index contributed by atoms with van der Waals surface area (Å²) in [6.45, 7) is 5.21. The van der Waals surface area contributed by atoms with Gasteiger partial charge in [-0.3, -0.25) is 9.59 Å². The maximum atomic E-state index is 11.5. The van der Waals surface area contributed by atoms with E-state index in [2.05, 4.69) is 4.79 Å². The standard InChI is InChI=1S/C12H20N2O4/c1-7(2)5-4-6-9(15)11(17)12(18)10(16)8(3)14-13/h7,11-12,17-18H,4-6H2,1-3H3. The van der Waals surface area contributed by atoms with Gasteiger partial charge >= 0.3 is 5.71 Å². The summed E-state index contributed by atoms with van der Waals surface area (Å²) in [5.41, 5.74) is 8.02. The summed E-state index contributed by atoms with van der Waals surface area (Å²) in [7, 11) is 0. The molecule has 0 rings (SSSR count). The normalized spacial score (nSPS) is 13.9. The number of hydrogen-bond donors (Lipinski definition) is 2. The van der Waals surface area contributed by atoms with E-state index in [-0.39, 0.29) is 12.1 Å². The summed E-state index contributed by atoms with van der Waals surface area (Å²) in [6, 6.07) is 0. The third kappa shape index (κ3) is 5.31. The number of ketones is 2. The summed E-state index contributed by atoms with van der Waals surface area (Å²) >= 11 is 0. The molecule has 2 unspecified atom stereocenters. The van der Waals surface area contributed by atoms with Crippen molar-refractivity contribution < 1.29 is 24.6 Å². The van der Waals surface area contributed by atoms with Gasteiger partial charge < -0.3 is 15.7 Å². The summed E-state index contributed by atoms with van der Waals surface area (Å²) < 4.78 is 0. The second-order valence-corrected chi connectivity index (χ2v) is 4.69. The molecule has 6 heteroatoms.